The lowest BCUT2D eigenvalue weighted by molar-refractivity contribution is 0.0172. The average molecular weight is 292 g/mol. The fourth-order valence-electron chi connectivity index (χ4n) is 1.69. The quantitative estimate of drug-likeness (QED) is 0.606. The molecule has 0 saturated carbocycles. The molecule has 0 aliphatic carbocycles. The van der Waals surface area contributed by atoms with Crippen LogP contribution in [-0.2, 0) is 9.47 Å². The van der Waals surface area contributed by atoms with Crippen molar-refractivity contribution in [3.05, 3.63) is 48.0 Å². The van der Waals surface area contributed by atoms with E-state index in [4.69, 9.17) is 9.47 Å². The molecule has 0 fully saturated rings. The Labute approximate surface area is 122 Å². The first-order valence-corrected chi connectivity index (χ1v) is 6.66. The Kier molecular flexibility index (Phi) is 5.05. The molecule has 0 N–H and O–H groups in total. The van der Waals surface area contributed by atoms with E-state index in [-0.39, 0.29) is 24.2 Å². The Balaban J connectivity index is 1.95. The molecule has 1 aromatic carbocycles. The Hall–Kier alpha value is -2.21. The zero-order valence-electron chi connectivity index (χ0n) is 12.0. The largest absolute Gasteiger partial charge is 0.458 e. The third-order valence-corrected chi connectivity index (χ3v) is 2.64. The normalized spacial score (nSPS) is 10.9. The van der Waals surface area contributed by atoms with E-state index in [9.17, 15) is 9.18 Å². The van der Waals surface area contributed by atoms with Gasteiger partial charge in [0.15, 0.2) is 5.69 Å². The van der Waals surface area contributed by atoms with Crippen LogP contribution in [0.3, 0.4) is 0 Å². The molecular formula is C15H17FN2O3. The number of rotatable bonds is 6. The van der Waals surface area contributed by atoms with Crippen LogP contribution in [0.15, 0.2) is 36.5 Å². The van der Waals surface area contributed by atoms with Gasteiger partial charge in [-0.05, 0) is 38.1 Å². The van der Waals surface area contributed by atoms with E-state index in [1.807, 2.05) is 13.8 Å². The molecule has 0 atom stereocenters. The van der Waals surface area contributed by atoms with Crippen molar-refractivity contribution < 1.29 is 18.7 Å². The number of nitrogens with zero attached hydrogens (tertiary/aromatic N) is 2. The molecule has 1 aromatic heterocycles. The fourth-order valence-corrected chi connectivity index (χ4v) is 1.69. The minimum Gasteiger partial charge on any atom is -0.458 e. The lowest BCUT2D eigenvalue weighted by Crippen LogP contribution is -2.14. The maximum Gasteiger partial charge on any atom is 0.358 e. The molecule has 0 aliphatic heterocycles. The number of aromatic nitrogens is 2. The predicted octanol–water partition coefficient (Wildman–Crippen LogP) is 2.59. The van der Waals surface area contributed by atoms with Gasteiger partial charge in [0.25, 0.3) is 0 Å². The second kappa shape index (κ2) is 6.99. The summed E-state index contributed by atoms with van der Waals surface area (Å²) in [6, 6.07) is 7.47. The van der Waals surface area contributed by atoms with E-state index in [0.717, 1.165) is 0 Å². The molecule has 0 saturated heterocycles. The van der Waals surface area contributed by atoms with Gasteiger partial charge in [-0.15, -0.1) is 0 Å². The molecule has 0 spiro atoms. The lowest BCUT2D eigenvalue weighted by atomic mass is 10.3. The Morgan fingerprint density at radius 3 is 2.86 bits per heavy atom. The standard InChI is InChI=1S/C15H17FN2O3/c1-11(2)20-8-9-21-15(19)14-6-7-18(17-14)13-5-3-4-12(16)10-13/h3-7,10-11H,8-9H2,1-2H3. The zero-order chi connectivity index (χ0) is 15.2. The molecule has 0 amide bonds. The third-order valence-electron chi connectivity index (χ3n) is 2.64. The van der Waals surface area contributed by atoms with Crippen LogP contribution in [-0.4, -0.2) is 35.1 Å². The molecule has 5 nitrogen and oxygen atoms in total. The molecule has 0 aliphatic rings. The minimum atomic E-state index is -0.530. The van der Waals surface area contributed by atoms with Gasteiger partial charge < -0.3 is 9.47 Å². The van der Waals surface area contributed by atoms with Gasteiger partial charge in [0.05, 0.1) is 18.4 Å². The summed E-state index contributed by atoms with van der Waals surface area (Å²) in [5, 5.41) is 4.07. The van der Waals surface area contributed by atoms with Crippen molar-refractivity contribution in [3.8, 4) is 5.69 Å². The summed E-state index contributed by atoms with van der Waals surface area (Å²) in [4.78, 5) is 11.8. The fraction of sp³-hybridized carbons (Fsp3) is 0.333. The van der Waals surface area contributed by atoms with Crippen LogP contribution in [0.4, 0.5) is 4.39 Å². The van der Waals surface area contributed by atoms with E-state index in [2.05, 4.69) is 5.10 Å². The van der Waals surface area contributed by atoms with Crippen LogP contribution in [0.5, 0.6) is 0 Å². The van der Waals surface area contributed by atoms with E-state index >= 15 is 0 Å². The topological polar surface area (TPSA) is 53.4 Å². The van der Waals surface area contributed by atoms with Gasteiger partial charge in [0, 0.05) is 6.20 Å². The summed E-state index contributed by atoms with van der Waals surface area (Å²) < 4.78 is 24.9. The highest BCUT2D eigenvalue weighted by atomic mass is 19.1. The zero-order valence-corrected chi connectivity index (χ0v) is 12.0. The number of hydrogen-bond acceptors (Lipinski definition) is 4. The molecule has 112 valence electrons. The molecule has 0 bridgehead atoms. The number of hydrogen-bond donors (Lipinski definition) is 0. The first-order valence-electron chi connectivity index (χ1n) is 6.66. The van der Waals surface area contributed by atoms with Gasteiger partial charge in [-0.1, -0.05) is 6.07 Å². The van der Waals surface area contributed by atoms with Gasteiger partial charge in [0.2, 0.25) is 0 Å². The second-order valence-corrected chi connectivity index (χ2v) is 4.68. The molecule has 0 radical (unpaired) electrons. The summed E-state index contributed by atoms with van der Waals surface area (Å²) in [7, 11) is 0. The van der Waals surface area contributed by atoms with E-state index in [1.54, 1.807) is 18.3 Å². The summed E-state index contributed by atoms with van der Waals surface area (Å²) in [6.45, 7) is 4.32. The van der Waals surface area contributed by atoms with Crippen LogP contribution in [0.1, 0.15) is 24.3 Å². The van der Waals surface area contributed by atoms with E-state index < -0.39 is 5.97 Å². The van der Waals surface area contributed by atoms with Crippen LogP contribution in [0, 0.1) is 5.82 Å². The summed E-state index contributed by atoms with van der Waals surface area (Å²) in [6.07, 6.45) is 1.67. The van der Waals surface area contributed by atoms with Gasteiger partial charge in [-0.3, -0.25) is 0 Å². The molecule has 6 heteroatoms. The molecular weight excluding hydrogens is 275 g/mol. The van der Waals surface area contributed by atoms with E-state index in [0.29, 0.717) is 12.3 Å². The van der Waals surface area contributed by atoms with E-state index in [1.165, 1.54) is 22.9 Å². The minimum absolute atomic E-state index is 0.0934. The Morgan fingerprint density at radius 1 is 1.33 bits per heavy atom. The highest BCUT2D eigenvalue weighted by Crippen LogP contribution is 2.10. The molecule has 21 heavy (non-hydrogen) atoms. The van der Waals surface area contributed by atoms with Crippen molar-refractivity contribution in [2.24, 2.45) is 0 Å². The van der Waals surface area contributed by atoms with Gasteiger partial charge in [-0.25, -0.2) is 13.9 Å². The van der Waals surface area contributed by atoms with Crippen molar-refractivity contribution in [1.29, 1.82) is 0 Å². The summed E-state index contributed by atoms with van der Waals surface area (Å²) in [5.41, 5.74) is 0.709. The predicted molar refractivity (Wildman–Crippen MR) is 74.9 cm³/mol. The SMILES string of the molecule is CC(C)OCCOC(=O)c1ccn(-c2cccc(F)c2)n1. The molecule has 1 heterocycles. The number of carbonyl (C=O) groups excluding carboxylic acids is 1. The summed E-state index contributed by atoms with van der Waals surface area (Å²) >= 11 is 0. The van der Waals surface area contributed by atoms with Crippen LogP contribution < -0.4 is 0 Å². The van der Waals surface area contributed by atoms with Crippen LogP contribution in [0.2, 0.25) is 0 Å². The molecule has 2 aromatic rings. The second-order valence-electron chi connectivity index (χ2n) is 4.68. The number of benzene rings is 1. The Morgan fingerprint density at radius 2 is 2.14 bits per heavy atom. The van der Waals surface area contributed by atoms with Crippen molar-refractivity contribution >= 4 is 5.97 Å². The molecule has 2 rings (SSSR count). The number of halogens is 1. The highest BCUT2D eigenvalue weighted by molar-refractivity contribution is 5.87. The monoisotopic (exact) mass is 292 g/mol. The maximum absolute atomic E-state index is 13.1. The van der Waals surface area contributed by atoms with Crippen LogP contribution in [0.25, 0.3) is 5.69 Å². The smallest absolute Gasteiger partial charge is 0.358 e. The number of esters is 1. The van der Waals surface area contributed by atoms with Crippen molar-refractivity contribution in [3.63, 3.8) is 0 Å². The summed E-state index contributed by atoms with van der Waals surface area (Å²) in [5.74, 6) is -0.893. The van der Waals surface area contributed by atoms with Gasteiger partial charge in [-0.2, -0.15) is 5.10 Å². The van der Waals surface area contributed by atoms with Crippen LogP contribution >= 0.6 is 0 Å². The van der Waals surface area contributed by atoms with Gasteiger partial charge >= 0.3 is 5.97 Å². The lowest BCUT2D eigenvalue weighted by Gasteiger charge is -2.07. The Bertz CT molecular complexity index is 610. The highest BCUT2D eigenvalue weighted by Gasteiger charge is 2.12. The van der Waals surface area contributed by atoms with Crippen molar-refractivity contribution in [2.45, 2.75) is 20.0 Å². The van der Waals surface area contributed by atoms with Crippen molar-refractivity contribution in [2.75, 3.05) is 13.2 Å². The first kappa shape index (κ1) is 15.2. The maximum atomic E-state index is 13.1. The average Bonchev–Trinajstić information content (AvgIpc) is 2.93. The number of ether oxygens (including phenoxy) is 2. The molecule has 0 unspecified atom stereocenters. The number of carbonyl (C=O) groups is 1. The van der Waals surface area contributed by atoms with Crippen molar-refractivity contribution in [1.82, 2.24) is 9.78 Å². The first-order chi connectivity index (χ1) is 10.1. The third kappa shape index (κ3) is 4.39. The van der Waals surface area contributed by atoms with Gasteiger partial charge in [0.1, 0.15) is 12.4 Å².